The van der Waals surface area contributed by atoms with Crippen LogP contribution in [0.4, 0.5) is 0 Å². The molecule has 3 rings (SSSR count). The molecule has 3 aromatic rings. The molecule has 1 heterocycles. The molecular formula is C17H15NO. The molecule has 0 saturated carbocycles. The van der Waals surface area contributed by atoms with Crippen LogP contribution in [0.1, 0.15) is 18.1 Å². The van der Waals surface area contributed by atoms with Crippen molar-refractivity contribution in [2.75, 3.05) is 0 Å². The predicted octanol–water partition coefficient (Wildman–Crippen LogP) is 3.49. The van der Waals surface area contributed by atoms with Crippen LogP contribution in [0.2, 0.25) is 0 Å². The minimum Gasteiger partial charge on any atom is -0.381 e. The van der Waals surface area contributed by atoms with Gasteiger partial charge in [-0.25, -0.2) is 0 Å². The Morgan fingerprint density at radius 1 is 0.895 bits per heavy atom. The smallest absolute Gasteiger partial charge is 0.114 e. The Morgan fingerprint density at radius 2 is 1.63 bits per heavy atom. The van der Waals surface area contributed by atoms with Crippen molar-refractivity contribution in [2.45, 2.75) is 12.5 Å². The molecule has 1 N–H and O–H groups in total. The lowest BCUT2D eigenvalue weighted by molar-refractivity contribution is 0.104. The molecule has 0 aliphatic rings. The van der Waals surface area contributed by atoms with Crippen LogP contribution in [0.3, 0.4) is 0 Å². The van der Waals surface area contributed by atoms with Gasteiger partial charge in [-0.3, -0.25) is 4.98 Å². The van der Waals surface area contributed by atoms with Gasteiger partial charge in [-0.1, -0.05) is 54.6 Å². The molecule has 1 unspecified atom stereocenters. The van der Waals surface area contributed by atoms with E-state index in [1.54, 1.807) is 6.20 Å². The summed E-state index contributed by atoms with van der Waals surface area (Å²) in [7, 11) is 0. The fourth-order valence-electron chi connectivity index (χ4n) is 2.42. The molecule has 0 amide bonds. The summed E-state index contributed by atoms with van der Waals surface area (Å²) in [6.07, 6.45) is 1.76. The second-order valence-corrected chi connectivity index (χ2v) is 4.82. The van der Waals surface area contributed by atoms with Gasteiger partial charge in [-0.05, 0) is 18.6 Å². The molecular weight excluding hydrogens is 234 g/mol. The Hall–Kier alpha value is -2.19. The summed E-state index contributed by atoms with van der Waals surface area (Å²) in [5, 5.41) is 12.0. The van der Waals surface area contributed by atoms with Crippen molar-refractivity contribution >= 4 is 10.9 Å². The number of aromatic nitrogens is 1. The lowest BCUT2D eigenvalue weighted by Crippen LogP contribution is -2.23. The predicted molar refractivity (Wildman–Crippen MR) is 76.9 cm³/mol. The van der Waals surface area contributed by atoms with Gasteiger partial charge in [0.1, 0.15) is 5.60 Å². The number of hydrogen-bond donors (Lipinski definition) is 1. The fourth-order valence-corrected chi connectivity index (χ4v) is 2.42. The number of para-hydroxylation sites is 1. The molecule has 0 spiro atoms. The Morgan fingerprint density at radius 3 is 2.42 bits per heavy atom. The summed E-state index contributed by atoms with van der Waals surface area (Å²) < 4.78 is 0. The Kier molecular flexibility index (Phi) is 2.80. The highest BCUT2D eigenvalue weighted by Crippen LogP contribution is 2.32. The van der Waals surface area contributed by atoms with Gasteiger partial charge in [0.2, 0.25) is 0 Å². The van der Waals surface area contributed by atoms with E-state index in [-0.39, 0.29) is 0 Å². The highest BCUT2D eigenvalue weighted by Gasteiger charge is 2.27. The second kappa shape index (κ2) is 4.48. The molecule has 2 heteroatoms. The minimum atomic E-state index is -1.05. The largest absolute Gasteiger partial charge is 0.381 e. The first-order chi connectivity index (χ1) is 9.19. The zero-order valence-corrected chi connectivity index (χ0v) is 10.7. The standard InChI is InChI=1S/C17H15NO/c1-17(19,14-9-3-2-4-10-14)15-11-5-7-13-8-6-12-18-16(13)15/h2-12,19H,1H3. The molecule has 2 aromatic carbocycles. The molecule has 0 saturated heterocycles. The first kappa shape index (κ1) is 11.9. The Labute approximate surface area is 112 Å². The SMILES string of the molecule is CC(O)(c1ccccc1)c1cccc2cccnc12. The highest BCUT2D eigenvalue weighted by molar-refractivity contribution is 5.82. The van der Waals surface area contributed by atoms with Gasteiger partial charge in [0.05, 0.1) is 5.52 Å². The number of aliphatic hydroxyl groups is 1. The van der Waals surface area contributed by atoms with E-state index < -0.39 is 5.60 Å². The van der Waals surface area contributed by atoms with Crippen LogP contribution >= 0.6 is 0 Å². The second-order valence-electron chi connectivity index (χ2n) is 4.82. The summed E-state index contributed by atoms with van der Waals surface area (Å²) >= 11 is 0. The van der Waals surface area contributed by atoms with Gasteiger partial charge in [0.15, 0.2) is 0 Å². The van der Waals surface area contributed by atoms with E-state index in [1.807, 2.05) is 67.6 Å². The van der Waals surface area contributed by atoms with Gasteiger partial charge in [0, 0.05) is 17.1 Å². The van der Waals surface area contributed by atoms with Crippen molar-refractivity contribution in [3.8, 4) is 0 Å². The van der Waals surface area contributed by atoms with Crippen LogP contribution in [0.15, 0.2) is 66.9 Å². The summed E-state index contributed by atoms with van der Waals surface area (Å²) in [6, 6.07) is 19.5. The van der Waals surface area contributed by atoms with E-state index in [2.05, 4.69) is 4.98 Å². The first-order valence-electron chi connectivity index (χ1n) is 6.32. The average Bonchev–Trinajstić information content (AvgIpc) is 2.47. The summed E-state index contributed by atoms with van der Waals surface area (Å²) in [5.41, 5.74) is 1.50. The van der Waals surface area contributed by atoms with Gasteiger partial charge < -0.3 is 5.11 Å². The van der Waals surface area contributed by atoms with Gasteiger partial charge >= 0.3 is 0 Å². The van der Waals surface area contributed by atoms with Crippen molar-refractivity contribution in [3.05, 3.63) is 78.0 Å². The van der Waals surface area contributed by atoms with E-state index >= 15 is 0 Å². The lowest BCUT2D eigenvalue weighted by Gasteiger charge is -2.25. The van der Waals surface area contributed by atoms with Gasteiger partial charge in [-0.15, -0.1) is 0 Å². The molecule has 0 radical (unpaired) electrons. The van der Waals surface area contributed by atoms with Crippen molar-refractivity contribution in [1.82, 2.24) is 4.98 Å². The van der Waals surface area contributed by atoms with E-state index in [0.717, 1.165) is 22.0 Å². The lowest BCUT2D eigenvalue weighted by atomic mass is 9.87. The number of nitrogens with zero attached hydrogens (tertiary/aromatic N) is 1. The third-order valence-electron chi connectivity index (χ3n) is 3.49. The molecule has 0 aliphatic carbocycles. The first-order valence-corrected chi connectivity index (χ1v) is 6.32. The fraction of sp³-hybridized carbons (Fsp3) is 0.118. The molecule has 94 valence electrons. The summed E-state index contributed by atoms with van der Waals surface area (Å²) in [6.45, 7) is 1.81. The van der Waals surface area contributed by atoms with Crippen LogP contribution in [0, 0.1) is 0 Å². The van der Waals surface area contributed by atoms with E-state index in [4.69, 9.17) is 0 Å². The Bertz CT molecular complexity index is 699. The van der Waals surface area contributed by atoms with Crippen LogP contribution in [0.25, 0.3) is 10.9 Å². The van der Waals surface area contributed by atoms with E-state index in [9.17, 15) is 5.11 Å². The molecule has 1 aromatic heterocycles. The molecule has 0 aliphatic heterocycles. The van der Waals surface area contributed by atoms with Crippen molar-refractivity contribution in [1.29, 1.82) is 0 Å². The molecule has 1 atom stereocenters. The number of hydrogen-bond acceptors (Lipinski definition) is 2. The summed E-state index contributed by atoms with van der Waals surface area (Å²) in [4.78, 5) is 4.41. The van der Waals surface area contributed by atoms with Crippen LogP contribution in [-0.2, 0) is 5.60 Å². The topological polar surface area (TPSA) is 33.1 Å². The van der Waals surface area contributed by atoms with E-state index in [1.165, 1.54) is 0 Å². The number of pyridine rings is 1. The van der Waals surface area contributed by atoms with Gasteiger partial charge in [0.25, 0.3) is 0 Å². The highest BCUT2D eigenvalue weighted by atomic mass is 16.3. The molecule has 19 heavy (non-hydrogen) atoms. The van der Waals surface area contributed by atoms with Crippen LogP contribution in [-0.4, -0.2) is 10.1 Å². The van der Waals surface area contributed by atoms with Crippen LogP contribution < -0.4 is 0 Å². The third-order valence-corrected chi connectivity index (χ3v) is 3.49. The monoisotopic (exact) mass is 249 g/mol. The van der Waals surface area contributed by atoms with Crippen molar-refractivity contribution in [3.63, 3.8) is 0 Å². The zero-order chi connectivity index (χ0) is 13.3. The third kappa shape index (κ3) is 2.00. The average molecular weight is 249 g/mol. The van der Waals surface area contributed by atoms with Crippen molar-refractivity contribution < 1.29 is 5.11 Å². The number of rotatable bonds is 2. The van der Waals surface area contributed by atoms with E-state index in [0.29, 0.717) is 0 Å². The quantitative estimate of drug-likeness (QED) is 0.754. The minimum absolute atomic E-state index is 0.830. The Balaban J connectivity index is 2.24. The van der Waals surface area contributed by atoms with Crippen molar-refractivity contribution in [2.24, 2.45) is 0 Å². The van der Waals surface area contributed by atoms with Crippen LogP contribution in [0.5, 0.6) is 0 Å². The molecule has 0 fully saturated rings. The van der Waals surface area contributed by atoms with Gasteiger partial charge in [-0.2, -0.15) is 0 Å². The maximum atomic E-state index is 10.9. The number of benzene rings is 2. The zero-order valence-electron chi connectivity index (χ0n) is 10.7. The summed E-state index contributed by atoms with van der Waals surface area (Å²) in [5.74, 6) is 0. The number of fused-ring (bicyclic) bond motifs is 1. The molecule has 2 nitrogen and oxygen atoms in total. The maximum Gasteiger partial charge on any atom is 0.114 e. The maximum absolute atomic E-state index is 10.9. The normalized spacial score (nSPS) is 14.2. The molecule has 0 bridgehead atoms.